The minimum atomic E-state index is 0.438. The quantitative estimate of drug-likeness (QED) is 0.766. The van der Waals surface area contributed by atoms with Crippen molar-refractivity contribution in [2.45, 2.75) is 12.3 Å². The molecule has 0 saturated carbocycles. The van der Waals surface area contributed by atoms with E-state index in [1.54, 1.807) is 0 Å². The molecule has 0 aliphatic heterocycles. The molecular formula is C13H18N2S. The fraction of sp³-hybridized carbons (Fsp3) is 0.462. The first-order valence-corrected chi connectivity index (χ1v) is 6.12. The number of benzene rings is 1. The fourth-order valence-corrected chi connectivity index (χ4v) is 2.03. The Morgan fingerprint density at radius 3 is 2.62 bits per heavy atom. The number of nitriles is 1. The second-order valence-electron chi connectivity index (χ2n) is 3.96. The second kappa shape index (κ2) is 7.32. The molecule has 1 atom stereocenters. The summed E-state index contributed by atoms with van der Waals surface area (Å²) >= 11 is 4.40. The summed E-state index contributed by atoms with van der Waals surface area (Å²) in [5, 5.41) is 8.53. The van der Waals surface area contributed by atoms with Crippen molar-refractivity contribution in [3.05, 3.63) is 35.9 Å². The van der Waals surface area contributed by atoms with Gasteiger partial charge in [-0.25, -0.2) is 0 Å². The minimum Gasteiger partial charge on any atom is -0.305 e. The van der Waals surface area contributed by atoms with Crippen molar-refractivity contribution in [2.75, 3.05) is 25.9 Å². The Balaban J connectivity index is 2.53. The predicted octanol–water partition coefficient (Wildman–Crippen LogP) is 2.55. The number of likely N-dealkylation sites (N-methyl/N-ethyl adjacent to an activating group) is 1. The SMILES string of the molecule is CN(CCC#N)CC(CS)c1ccccc1. The van der Waals surface area contributed by atoms with Crippen LogP contribution in [0.5, 0.6) is 0 Å². The number of hydrogen-bond acceptors (Lipinski definition) is 3. The van der Waals surface area contributed by atoms with Crippen molar-refractivity contribution in [1.29, 1.82) is 5.26 Å². The Kier molecular flexibility index (Phi) is 5.99. The lowest BCUT2D eigenvalue weighted by atomic mass is 10.0. The third-order valence-corrected chi connectivity index (χ3v) is 3.07. The molecular weight excluding hydrogens is 216 g/mol. The Morgan fingerprint density at radius 2 is 2.06 bits per heavy atom. The van der Waals surface area contributed by atoms with Gasteiger partial charge in [0.2, 0.25) is 0 Å². The van der Waals surface area contributed by atoms with E-state index < -0.39 is 0 Å². The normalized spacial score (nSPS) is 12.4. The molecule has 1 rings (SSSR count). The summed E-state index contributed by atoms with van der Waals surface area (Å²) in [6.45, 7) is 1.78. The minimum absolute atomic E-state index is 0.438. The molecule has 16 heavy (non-hydrogen) atoms. The lowest BCUT2D eigenvalue weighted by molar-refractivity contribution is 0.326. The van der Waals surface area contributed by atoms with E-state index in [9.17, 15) is 0 Å². The molecule has 0 fully saturated rings. The van der Waals surface area contributed by atoms with E-state index in [4.69, 9.17) is 5.26 Å². The monoisotopic (exact) mass is 234 g/mol. The van der Waals surface area contributed by atoms with Crippen LogP contribution in [0.4, 0.5) is 0 Å². The molecule has 0 saturated heterocycles. The third-order valence-electron chi connectivity index (χ3n) is 2.63. The Bertz CT molecular complexity index is 332. The summed E-state index contributed by atoms with van der Waals surface area (Å²) in [6.07, 6.45) is 0.588. The molecule has 1 aromatic rings. The lowest BCUT2D eigenvalue weighted by Gasteiger charge is -2.22. The van der Waals surface area contributed by atoms with Gasteiger partial charge in [0.1, 0.15) is 0 Å². The average molecular weight is 234 g/mol. The molecule has 0 amide bonds. The Labute approximate surface area is 103 Å². The van der Waals surface area contributed by atoms with Gasteiger partial charge in [-0.1, -0.05) is 30.3 Å². The van der Waals surface area contributed by atoms with E-state index >= 15 is 0 Å². The molecule has 1 aromatic carbocycles. The van der Waals surface area contributed by atoms with Crippen molar-refractivity contribution in [2.24, 2.45) is 0 Å². The van der Waals surface area contributed by atoms with E-state index in [2.05, 4.69) is 54.9 Å². The molecule has 2 nitrogen and oxygen atoms in total. The highest BCUT2D eigenvalue weighted by molar-refractivity contribution is 7.80. The van der Waals surface area contributed by atoms with Gasteiger partial charge < -0.3 is 4.90 Å². The maximum absolute atomic E-state index is 8.53. The second-order valence-corrected chi connectivity index (χ2v) is 4.33. The maximum atomic E-state index is 8.53. The summed E-state index contributed by atoms with van der Waals surface area (Å²) in [5.41, 5.74) is 1.32. The van der Waals surface area contributed by atoms with Crippen LogP contribution in [0.3, 0.4) is 0 Å². The standard InChI is InChI=1S/C13H18N2S/c1-15(9-5-8-14)10-13(11-16)12-6-3-2-4-7-12/h2-4,6-7,13,16H,5,9-11H2,1H3. The van der Waals surface area contributed by atoms with Gasteiger partial charge in [0.15, 0.2) is 0 Å². The van der Waals surface area contributed by atoms with Crippen LogP contribution in [0.15, 0.2) is 30.3 Å². The van der Waals surface area contributed by atoms with E-state index in [1.807, 2.05) is 6.07 Å². The highest BCUT2D eigenvalue weighted by atomic mass is 32.1. The van der Waals surface area contributed by atoms with Crippen molar-refractivity contribution < 1.29 is 0 Å². The van der Waals surface area contributed by atoms with Crippen LogP contribution < -0.4 is 0 Å². The first-order valence-electron chi connectivity index (χ1n) is 5.49. The van der Waals surface area contributed by atoms with Gasteiger partial charge in [-0.2, -0.15) is 17.9 Å². The van der Waals surface area contributed by atoms with E-state index in [0.717, 1.165) is 18.8 Å². The van der Waals surface area contributed by atoms with Gasteiger partial charge in [0.25, 0.3) is 0 Å². The van der Waals surface area contributed by atoms with Gasteiger partial charge in [-0.3, -0.25) is 0 Å². The third kappa shape index (κ3) is 4.26. The summed E-state index contributed by atoms with van der Waals surface area (Å²) in [4.78, 5) is 2.19. The number of hydrogen-bond donors (Lipinski definition) is 1. The molecule has 0 radical (unpaired) electrons. The van der Waals surface area contributed by atoms with E-state index in [-0.39, 0.29) is 0 Å². The van der Waals surface area contributed by atoms with Crippen LogP contribution >= 0.6 is 12.6 Å². The molecule has 0 heterocycles. The molecule has 0 N–H and O–H groups in total. The number of thiol groups is 1. The van der Waals surface area contributed by atoms with Crippen molar-refractivity contribution in [3.8, 4) is 6.07 Å². The molecule has 0 aromatic heterocycles. The topological polar surface area (TPSA) is 27.0 Å². The zero-order valence-corrected chi connectivity index (χ0v) is 10.5. The van der Waals surface area contributed by atoms with Gasteiger partial charge in [0.05, 0.1) is 6.07 Å². The van der Waals surface area contributed by atoms with Crippen LogP contribution in [0.1, 0.15) is 17.9 Å². The highest BCUT2D eigenvalue weighted by Gasteiger charge is 2.11. The number of rotatable bonds is 6. The number of nitrogens with zero attached hydrogens (tertiary/aromatic N) is 2. The van der Waals surface area contributed by atoms with Crippen LogP contribution in [0, 0.1) is 11.3 Å². The molecule has 0 aliphatic rings. The summed E-state index contributed by atoms with van der Waals surface area (Å²) in [6, 6.07) is 12.6. The van der Waals surface area contributed by atoms with Crippen LogP contribution in [-0.4, -0.2) is 30.8 Å². The first-order chi connectivity index (χ1) is 7.77. The van der Waals surface area contributed by atoms with Crippen LogP contribution in [0.25, 0.3) is 0 Å². The molecule has 0 spiro atoms. The first kappa shape index (κ1) is 13.1. The molecule has 1 unspecified atom stereocenters. The van der Waals surface area contributed by atoms with Gasteiger partial charge >= 0.3 is 0 Å². The largest absolute Gasteiger partial charge is 0.305 e. The van der Waals surface area contributed by atoms with Crippen LogP contribution in [-0.2, 0) is 0 Å². The van der Waals surface area contributed by atoms with Gasteiger partial charge in [-0.05, 0) is 18.4 Å². The molecule has 0 bridgehead atoms. The smallest absolute Gasteiger partial charge is 0.0635 e. The highest BCUT2D eigenvalue weighted by Crippen LogP contribution is 2.17. The Morgan fingerprint density at radius 1 is 1.38 bits per heavy atom. The van der Waals surface area contributed by atoms with Gasteiger partial charge in [0, 0.05) is 25.4 Å². The van der Waals surface area contributed by atoms with Gasteiger partial charge in [-0.15, -0.1) is 0 Å². The van der Waals surface area contributed by atoms with Crippen LogP contribution in [0.2, 0.25) is 0 Å². The summed E-state index contributed by atoms with van der Waals surface area (Å²) in [7, 11) is 2.05. The zero-order chi connectivity index (χ0) is 11.8. The molecule has 86 valence electrons. The lowest BCUT2D eigenvalue weighted by Crippen LogP contribution is -2.26. The summed E-state index contributed by atoms with van der Waals surface area (Å²) in [5.74, 6) is 1.27. The average Bonchev–Trinajstić information content (AvgIpc) is 2.34. The van der Waals surface area contributed by atoms with Crippen molar-refractivity contribution in [1.82, 2.24) is 4.90 Å². The Hall–Kier alpha value is -0.980. The van der Waals surface area contributed by atoms with E-state index in [0.29, 0.717) is 12.3 Å². The van der Waals surface area contributed by atoms with E-state index in [1.165, 1.54) is 5.56 Å². The van der Waals surface area contributed by atoms with Crippen molar-refractivity contribution in [3.63, 3.8) is 0 Å². The molecule has 3 heteroatoms. The maximum Gasteiger partial charge on any atom is 0.0635 e. The van der Waals surface area contributed by atoms with Crippen molar-refractivity contribution >= 4 is 12.6 Å². The fourth-order valence-electron chi connectivity index (χ4n) is 1.70. The zero-order valence-electron chi connectivity index (χ0n) is 9.63. The summed E-state index contributed by atoms with van der Waals surface area (Å²) < 4.78 is 0. The predicted molar refractivity (Wildman–Crippen MR) is 70.8 cm³/mol. The molecule has 0 aliphatic carbocycles.